The van der Waals surface area contributed by atoms with Gasteiger partial charge in [0.2, 0.25) is 5.91 Å². The van der Waals surface area contributed by atoms with Crippen LogP contribution in [-0.4, -0.2) is 48.4 Å². The van der Waals surface area contributed by atoms with Gasteiger partial charge in [0.15, 0.2) is 5.78 Å². The third kappa shape index (κ3) is 5.33. The summed E-state index contributed by atoms with van der Waals surface area (Å²) in [7, 11) is 1.62. The summed E-state index contributed by atoms with van der Waals surface area (Å²) in [6.45, 7) is 2.25. The van der Waals surface area contributed by atoms with Gasteiger partial charge in [0.05, 0.1) is 13.7 Å². The number of nitrogens with one attached hydrogen (secondary N) is 1. The number of piperidine rings is 1. The second-order valence-corrected chi connectivity index (χ2v) is 7.09. The van der Waals surface area contributed by atoms with Crippen molar-refractivity contribution in [1.82, 2.24) is 10.2 Å². The summed E-state index contributed by atoms with van der Waals surface area (Å²) >= 11 is 0. The number of ketones is 1. The zero-order chi connectivity index (χ0) is 19.9. The van der Waals surface area contributed by atoms with Gasteiger partial charge in [-0.3, -0.25) is 14.5 Å². The van der Waals surface area contributed by atoms with Gasteiger partial charge < -0.3 is 15.2 Å². The number of nitrogens with zero attached hydrogens (tertiary/aromatic N) is 1. The standard InChI is InChI=1S/C22H26N2O4/c1-28-20-4-2-3-16(13-20)14-23-21(26)15-24-11-9-18(10-12-24)22(27)17-5-7-19(25)8-6-17/h2-8,13,18,25H,9-12,14-15H2,1H3,(H,23,26). The molecule has 28 heavy (non-hydrogen) atoms. The maximum absolute atomic E-state index is 12.6. The van der Waals surface area contributed by atoms with Gasteiger partial charge in [0, 0.05) is 18.0 Å². The zero-order valence-electron chi connectivity index (χ0n) is 16.1. The number of phenols is 1. The first-order chi connectivity index (χ1) is 13.5. The molecule has 1 amide bonds. The molecule has 3 rings (SSSR count). The fraction of sp³-hybridized carbons (Fsp3) is 0.364. The lowest BCUT2D eigenvalue weighted by Crippen LogP contribution is -2.42. The third-order valence-corrected chi connectivity index (χ3v) is 5.10. The molecule has 2 aromatic rings. The van der Waals surface area contributed by atoms with Crippen LogP contribution in [0.15, 0.2) is 48.5 Å². The number of amides is 1. The van der Waals surface area contributed by atoms with Crippen LogP contribution >= 0.6 is 0 Å². The van der Waals surface area contributed by atoms with Crippen molar-refractivity contribution in [2.45, 2.75) is 19.4 Å². The molecule has 0 bridgehead atoms. The number of methoxy groups -OCH3 is 1. The van der Waals surface area contributed by atoms with Crippen molar-refractivity contribution in [2.24, 2.45) is 5.92 Å². The lowest BCUT2D eigenvalue weighted by Gasteiger charge is -2.30. The van der Waals surface area contributed by atoms with Gasteiger partial charge >= 0.3 is 0 Å². The predicted molar refractivity (Wildman–Crippen MR) is 106 cm³/mol. The van der Waals surface area contributed by atoms with E-state index in [4.69, 9.17) is 4.74 Å². The number of ether oxygens (including phenoxy) is 1. The first kappa shape index (κ1) is 19.9. The minimum absolute atomic E-state index is 0.0221. The highest BCUT2D eigenvalue weighted by atomic mass is 16.5. The summed E-state index contributed by atoms with van der Waals surface area (Å²) in [5, 5.41) is 12.3. The largest absolute Gasteiger partial charge is 0.508 e. The summed E-state index contributed by atoms with van der Waals surface area (Å²) in [6.07, 6.45) is 1.48. The lowest BCUT2D eigenvalue weighted by atomic mass is 9.89. The van der Waals surface area contributed by atoms with Crippen LogP contribution in [0.2, 0.25) is 0 Å². The van der Waals surface area contributed by atoms with E-state index >= 15 is 0 Å². The Morgan fingerprint density at radius 1 is 1.14 bits per heavy atom. The van der Waals surface area contributed by atoms with Gasteiger partial charge in [0.1, 0.15) is 11.5 Å². The van der Waals surface area contributed by atoms with Crippen LogP contribution in [0.25, 0.3) is 0 Å². The first-order valence-electron chi connectivity index (χ1n) is 9.50. The number of carbonyl (C=O) groups excluding carboxylic acids is 2. The van der Waals surface area contributed by atoms with Crippen molar-refractivity contribution in [1.29, 1.82) is 0 Å². The summed E-state index contributed by atoms with van der Waals surface area (Å²) < 4.78 is 5.19. The van der Waals surface area contributed by atoms with Crippen molar-refractivity contribution in [3.63, 3.8) is 0 Å². The van der Waals surface area contributed by atoms with Crippen LogP contribution in [0.1, 0.15) is 28.8 Å². The highest BCUT2D eigenvalue weighted by molar-refractivity contribution is 5.98. The Morgan fingerprint density at radius 3 is 2.54 bits per heavy atom. The maximum atomic E-state index is 12.6. The molecule has 6 heteroatoms. The average Bonchev–Trinajstić information content (AvgIpc) is 2.73. The molecule has 0 aliphatic carbocycles. The number of carbonyl (C=O) groups is 2. The number of aromatic hydroxyl groups is 1. The van der Waals surface area contributed by atoms with E-state index in [0.29, 0.717) is 18.7 Å². The van der Waals surface area contributed by atoms with Crippen molar-refractivity contribution < 1.29 is 19.4 Å². The lowest BCUT2D eigenvalue weighted by molar-refractivity contribution is -0.122. The maximum Gasteiger partial charge on any atom is 0.234 e. The van der Waals surface area contributed by atoms with E-state index in [2.05, 4.69) is 10.2 Å². The number of Topliss-reactive ketones (excluding diaryl/α,β-unsaturated/α-hetero) is 1. The summed E-state index contributed by atoms with van der Waals surface area (Å²) in [6, 6.07) is 14.0. The summed E-state index contributed by atoms with van der Waals surface area (Å²) in [5.41, 5.74) is 1.62. The van der Waals surface area contributed by atoms with Crippen LogP contribution in [-0.2, 0) is 11.3 Å². The molecule has 0 atom stereocenters. The fourth-order valence-corrected chi connectivity index (χ4v) is 3.46. The number of likely N-dealkylation sites (tertiary alicyclic amines) is 1. The van der Waals surface area contributed by atoms with Gasteiger partial charge in [-0.25, -0.2) is 0 Å². The van der Waals surface area contributed by atoms with Gasteiger partial charge in [0.25, 0.3) is 0 Å². The number of hydrogen-bond donors (Lipinski definition) is 2. The SMILES string of the molecule is COc1cccc(CNC(=O)CN2CCC(C(=O)c3ccc(O)cc3)CC2)c1. The summed E-state index contributed by atoms with van der Waals surface area (Å²) in [5.74, 6) is 0.993. The molecule has 0 unspecified atom stereocenters. The minimum atomic E-state index is -0.0272. The van der Waals surface area contributed by atoms with E-state index < -0.39 is 0 Å². The van der Waals surface area contributed by atoms with Crippen molar-refractivity contribution >= 4 is 11.7 Å². The smallest absolute Gasteiger partial charge is 0.234 e. The van der Waals surface area contributed by atoms with E-state index in [0.717, 1.165) is 37.2 Å². The molecule has 0 spiro atoms. The molecule has 1 saturated heterocycles. The molecule has 1 aliphatic rings. The van der Waals surface area contributed by atoms with Gasteiger partial charge in [-0.2, -0.15) is 0 Å². The molecule has 1 heterocycles. The second-order valence-electron chi connectivity index (χ2n) is 7.09. The van der Waals surface area contributed by atoms with Gasteiger partial charge in [-0.15, -0.1) is 0 Å². The summed E-state index contributed by atoms with van der Waals surface area (Å²) in [4.78, 5) is 26.9. The molecule has 0 aromatic heterocycles. The highest BCUT2D eigenvalue weighted by Gasteiger charge is 2.26. The molecule has 1 fully saturated rings. The Balaban J connectivity index is 1.42. The van der Waals surface area contributed by atoms with Crippen molar-refractivity contribution in [2.75, 3.05) is 26.7 Å². The Kier molecular flexibility index (Phi) is 6.66. The molecule has 2 N–H and O–H groups in total. The number of benzene rings is 2. The predicted octanol–water partition coefficient (Wildman–Crippen LogP) is 2.61. The average molecular weight is 382 g/mol. The minimum Gasteiger partial charge on any atom is -0.508 e. The van der Waals surface area contributed by atoms with E-state index in [9.17, 15) is 14.7 Å². The molecule has 0 saturated carbocycles. The Morgan fingerprint density at radius 2 is 1.86 bits per heavy atom. The molecular formula is C22H26N2O4. The van der Waals surface area contributed by atoms with E-state index in [-0.39, 0.29) is 23.4 Å². The number of rotatable bonds is 7. The fourth-order valence-electron chi connectivity index (χ4n) is 3.46. The second kappa shape index (κ2) is 9.37. The van der Waals surface area contributed by atoms with Crippen molar-refractivity contribution in [3.05, 3.63) is 59.7 Å². The van der Waals surface area contributed by atoms with Crippen LogP contribution in [0, 0.1) is 5.92 Å². The molecule has 0 radical (unpaired) electrons. The molecule has 1 aliphatic heterocycles. The number of hydrogen-bond acceptors (Lipinski definition) is 5. The topological polar surface area (TPSA) is 78.9 Å². The quantitative estimate of drug-likeness (QED) is 0.720. The van der Waals surface area contributed by atoms with Gasteiger partial charge in [-0.1, -0.05) is 12.1 Å². The Bertz CT molecular complexity index is 812. The molecule has 2 aromatic carbocycles. The Hall–Kier alpha value is -2.86. The van der Waals surface area contributed by atoms with Crippen molar-refractivity contribution in [3.8, 4) is 11.5 Å². The first-order valence-corrected chi connectivity index (χ1v) is 9.50. The van der Waals surface area contributed by atoms with E-state index in [1.807, 2.05) is 24.3 Å². The zero-order valence-corrected chi connectivity index (χ0v) is 16.1. The molecule has 148 valence electrons. The van der Waals surface area contributed by atoms with Crippen LogP contribution < -0.4 is 10.1 Å². The van der Waals surface area contributed by atoms with E-state index in [1.54, 1.807) is 19.2 Å². The Labute approximate surface area is 165 Å². The van der Waals surface area contributed by atoms with Crippen LogP contribution in [0.5, 0.6) is 11.5 Å². The van der Waals surface area contributed by atoms with Crippen LogP contribution in [0.3, 0.4) is 0 Å². The van der Waals surface area contributed by atoms with E-state index in [1.165, 1.54) is 12.1 Å². The van der Waals surface area contributed by atoms with Gasteiger partial charge in [-0.05, 0) is 67.9 Å². The van der Waals surface area contributed by atoms with Crippen LogP contribution in [0.4, 0.5) is 0 Å². The molecule has 6 nitrogen and oxygen atoms in total. The number of phenolic OH excluding ortho intramolecular Hbond substituents is 1. The normalized spacial score (nSPS) is 15.2. The monoisotopic (exact) mass is 382 g/mol. The molecular weight excluding hydrogens is 356 g/mol. The highest BCUT2D eigenvalue weighted by Crippen LogP contribution is 2.22. The third-order valence-electron chi connectivity index (χ3n) is 5.10.